The van der Waals surface area contributed by atoms with Gasteiger partial charge < -0.3 is 15.8 Å². The lowest BCUT2D eigenvalue weighted by molar-refractivity contribution is -0.123. The van der Waals surface area contributed by atoms with Gasteiger partial charge in [-0.3, -0.25) is 4.79 Å². The minimum atomic E-state index is -0.169. The summed E-state index contributed by atoms with van der Waals surface area (Å²) in [7, 11) is 0. The second-order valence-corrected chi connectivity index (χ2v) is 4.06. The summed E-state index contributed by atoms with van der Waals surface area (Å²) in [6.07, 6.45) is 2.00. The topological polar surface area (TPSA) is 64.3 Å². The number of benzene rings is 1. The Kier molecular flexibility index (Phi) is 5.63. The van der Waals surface area contributed by atoms with E-state index in [0.29, 0.717) is 23.0 Å². The number of nitrogen functional groups attached to an aromatic ring is 1. The first-order chi connectivity index (χ1) is 8.15. The molecule has 17 heavy (non-hydrogen) atoms. The molecule has 0 saturated heterocycles. The molecule has 4 nitrogen and oxygen atoms in total. The molecule has 0 fully saturated rings. The summed E-state index contributed by atoms with van der Waals surface area (Å²) in [6.45, 7) is 2.65. The number of carbonyl (C=O) groups is 1. The molecule has 0 aliphatic heterocycles. The standard InChI is InChI=1S/C12H17ClN2O2/c1-2-3-7-15-11(16)8-17-12-9(13)5-4-6-10(12)14/h4-6H,2-3,7-8,14H2,1H3,(H,15,16). The lowest BCUT2D eigenvalue weighted by Gasteiger charge is -2.10. The zero-order chi connectivity index (χ0) is 12.7. The fourth-order valence-corrected chi connectivity index (χ4v) is 1.51. The van der Waals surface area contributed by atoms with Crippen molar-refractivity contribution in [3.05, 3.63) is 23.2 Å². The average molecular weight is 257 g/mol. The molecule has 0 spiro atoms. The van der Waals surface area contributed by atoms with Gasteiger partial charge in [0.25, 0.3) is 5.91 Å². The van der Waals surface area contributed by atoms with Gasteiger partial charge in [-0.25, -0.2) is 0 Å². The van der Waals surface area contributed by atoms with E-state index in [4.69, 9.17) is 22.1 Å². The lowest BCUT2D eigenvalue weighted by Crippen LogP contribution is -2.29. The van der Waals surface area contributed by atoms with Crippen molar-refractivity contribution in [3.8, 4) is 5.75 Å². The van der Waals surface area contributed by atoms with Gasteiger partial charge in [0.05, 0.1) is 10.7 Å². The molecule has 5 heteroatoms. The van der Waals surface area contributed by atoms with Crippen LogP contribution in [0.25, 0.3) is 0 Å². The van der Waals surface area contributed by atoms with Gasteiger partial charge >= 0.3 is 0 Å². The number of para-hydroxylation sites is 1. The predicted molar refractivity (Wildman–Crippen MR) is 69.3 cm³/mol. The van der Waals surface area contributed by atoms with Gasteiger partial charge in [0.1, 0.15) is 0 Å². The van der Waals surface area contributed by atoms with Gasteiger partial charge in [0.15, 0.2) is 12.4 Å². The first-order valence-corrected chi connectivity index (χ1v) is 5.96. The summed E-state index contributed by atoms with van der Waals surface area (Å²) >= 11 is 5.90. The van der Waals surface area contributed by atoms with E-state index in [-0.39, 0.29) is 12.5 Å². The van der Waals surface area contributed by atoms with Gasteiger partial charge in [0, 0.05) is 6.54 Å². The van der Waals surface area contributed by atoms with Crippen LogP contribution in [0.3, 0.4) is 0 Å². The Morgan fingerprint density at radius 1 is 1.53 bits per heavy atom. The summed E-state index contributed by atoms with van der Waals surface area (Å²) in [6, 6.07) is 5.07. The van der Waals surface area contributed by atoms with E-state index < -0.39 is 0 Å². The third-order valence-corrected chi connectivity index (χ3v) is 2.50. The molecule has 0 atom stereocenters. The maximum Gasteiger partial charge on any atom is 0.257 e. The number of nitrogens with one attached hydrogen (secondary N) is 1. The first-order valence-electron chi connectivity index (χ1n) is 5.58. The molecule has 0 heterocycles. The van der Waals surface area contributed by atoms with Gasteiger partial charge in [-0.1, -0.05) is 31.0 Å². The van der Waals surface area contributed by atoms with Crippen LogP contribution in [-0.4, -0.2) is 19.1 Å². The summed E-state index contributed by atoms with van der Waals surface area (Å²) in [5, 5.41) is 3.15. The number of anilines is 1. The Bertz CT molecular complexity index is 363. The average Bonchev–Trinajstić information content (AvgIpc) is 2.29. The van der Waals surface area contributed by atoms with Crippen LogP contribution < -0.4 is 15.8 Å². The minimum Gasteiger partial charge on any atom is -0.480 e. The monoisotopic (exact) mass is 256 g/mol. The molecule has 0 aromatic heterocycles. The van der Waals surface area contributed by atoms with E-state index in [1.54, 1.807) is 18.2 Å². The smallest absolute Gasteiger partial charge is 0.257 e. The minimum absolute atomic E-state index is 0.0718. The van der Waals surface area contributed by atoms with Crippen LogP contribution in [0.15, 0.2) is 18.2 Å². The molecule has 0 aliphatic carbocycles. The molecule has 1 aromatic carbocycles. The highest BCUT2D eigenvalue weighted by molar-refractivity contribution is 6.32. The molecular weight excluding hydrogens is 240 g/mol. The number of nitrogens with two attached hydrogens (primary N) is 1. The zero-order valence-corrected chi connectivity index (χ0v) is 10.6. The number of unbranched alkanes of at least 4 members (excludes halogenated alkanes) is 1. The Morgan fingerprint density at radius 2 is 2.29 bits per heavy atom. The molecule has 94 valence electrons. The van der Waals surface area contributed by atoms with Crippen LogP contribution in [0.1, 0.15) is 19.8 Å². The van der Waals surface area contributed by atoms with Crippen LogP contribution >= 0.6 is 11.6 Å². The highest BCUT2D eigenvalue weighted by Crippen LogP contribution is 2.30. The van der Waals surface area contributed by atoms with E-state index >= 15 is 0 Å². The molecule has 0 saturated carbocycles. The molecular formula is C12H17ClN2O2. The van der Waals surface area contributed by atoms with Crippen molar-refractivity contribution in [2.45, 2.75) is 19.8 Å². The molecule has 0 radical (unpaired) electrons. The van der Waals surface area contributed by atoms with Crippen LogP contribution in [-0.2, 0) is 4.79 Å². The first kappa shape index (κ1) is 13.6. The van der Waals surface area contributed by atoms with Crippen LogP contribution in [0.4, 0.5) is 5.69 Å². The molecule has 1 rings (SSSR count). The van der Waals surface area contributed by atoms with Gasteiger partial charge in [0.2, 0.25) is 0 Å². The number of hydrogen-bond donors (Lipinski definition) is 2. The van der Waals surface area contributed by atoms with Gasteiger partial charge in [-0.15, -0.1) is 0 Å². The summed E-state index contributed by atoms with van der Waals surface area (Å²) < 4.78 is 5.29. The number of hydrogen-bond acceptors (Lipinski definition) is 3. The summed E-state index contributed by atoms with van der Waals surface area (Å²) in [5.74, 6) is 0.192. The van der Waals surface area contributed by atoms with E-state index in [0.717, 1.165) is 12.8 Å². The molecule has 0 unspecified atom stereocenters. The van der Waals surface area contributed by atoms with Crippen molar-refractivity contribution in [1.29, 1.82) is 0 Å². The van der Waals surface area contributed by atoms with E-state index in [1.807, 2.05) is 0 Å². The summed E-state index contributed by atoms with van der Waals surface area (Å²) in [5.41, 5.74) is 6.12. The van der Waals surface area contributed by atoms with Crippen molar-refractivity contribution in [1.82, 2.24) is 5.32 Å². The number of ether oxygens (including phenoxy) is 1. The quantitative estimate of drug-likeness (QED) is 0.606. The number of carbonyl (C=O) groups excluding carboxylic acids is 1. The fraction of sp³-hybridized carbons (Fsp3) is 0.417. The highest BCUT2D eigenvalue weighted by atomic mass is 35.5. The van der Waals surface area contributed by atoms with Crippen molar-refractivity contribution in [2.75, 3.05) is 18.9 Å². The Labute approximate surface area is 106 Å². The highest BCUT2D eigenvalue weighted by Gasteiger charge is 2.08. The van der Waals surface area contributed by atoms with Gasteiger partial charge in [-0.2, -0.15) is 0 Å². The largest absolute Gasteiger partial charge is 0.480 e. The fourth-order valence-electron chi connectivity index (χ4n) is 1.27. The van der Waals surface area contributed by atoms with E-state index in [2.05, 4.69) is 12.2 Å². The number of halogens is 1. The van der Waals surface area contributed by atoms with Crippen LogP contribution in [0.5, 0.6) is 5.75 Å². The second-order valence-electron chi connectivity index (χ2n) is 3.65. The Balaban J connectivity index is 2.42. The number of rotatable bonds is 6. The zero-order valence-electron chi connectivity index (χ0n) is 9.83. The van der Waals surface area contributed by atoms with Crippen molar-refractivity contribution < 1.29 is 9.53 Å². The molecule has 0 bridgehead atoms. The Hall–Kier alpha value is -1.42. The van der Waals surface area contributed by atoms with E-state index in [9.17, 15) is 4.79 Å². The normalized spacial score (nSPS) is 10.0. The van der Waals surface area contributed by atoms with Crippen LogP contribution in [0, 0.1) is 0 Å². The molecule has 1 aromatic rings. The van der Waals surface area contributed by atoms with Crippen molar-refractivity contribution in [2.24, 2.45) is 0 Å². The SMILES string of the molecule is CCCCNC(=O)COc1c(N)cccc1Cl. The molecule has 3 N–H and O–H groups in total. The lowest BCUT2D eigenvalue weighted by atomic mass is 10.3. The van der Waals surface area contributed by atoms with Crippen LogP contribution in [0.2, 0.25) is 5.02 Å². The molecule has 0 aliphatic rings. The van der Waals surface area contributed by atoms with Gasteiger partial charge in [-0.05, 0) is 18.6 Å². The maximum atomic E-state index is 11.4. The molecule has 1 amide bonds. The van der Waals surface area contributed by atoms with Crippen molar-refractivity contribution >= 4 is 23.2 Å². The third-order valence-electron chi connectivity index (χ3n) is 2.20. The summed E-state index contributed by atoms with van der Waals surface area (Å²) in [4.78, 5) is 11.4. The van der Waals surface area contributed by atoms with Crippen molar-refractivity contribution in [3.63, 3.8) is 0 Å². The second kappa shape index (κ2) is 7.01. The Morgan fingerprint density at radius 3 is 2.94 bits per heavy atom. The maximum absolute atomic E-state index is 11.4. The third kappa shape index (κ3) is 4.53. The predicted octanol–water partition coefficient (Wildman–Crippen LogP) is 2.22. The van der Waals surface area contributed by atoms with E-state index in [1.165, 1.54) is 0 Å². The number of amides is 1.